The molecule has 1 aromatic rings. The average molecular weight is 221 g/mol. The first kappa shape index (κ1) is 11.6. The molecule has 3 nitrogen and oxygen atoms in total. The van der Waals surface area contributed by atoms with E-state index in [1.165, 1.54) is 18.4 Å². The Hall–Kier alpha value is -0.830. The van der Waals surface area contributed by atoms with Crippen molar-refractivity contribution >= 4 is 0 Å². The number of aromatic nitrogens is 2. The van der Waals surface area contributed by atoms with E-state index in [1.807, 2.05) is 6.20 Å². The van der Waals surface area contributed by atoms with Gasteiger partial charge in [-0.3, -0.25) is 4.68 Å². The van der Waals surface area contributed by atoms with Gasteiger partial charge in [0.2, 0.25) is 0 Å². The highest BCUT2D eigenvalue weighted by Crippen LogP contribution is 2.26. The summed E-state index contributed by atoms with van der Waals surface area (Å²) in [5.74, 6) is 0.707. The molecule has 1 aliphatic heterocycles. The molecule has 1 aliphatic rings. The summed E-state index contributed by atoms with van der Waals surface area (Å²) in [7, 11) is 0. The van der Waals surface area contributed by atoms with Crippen LogP contribution in [-0.4, -0.2) is 22.9 Å². The van der Waals surface area contributed by atoms with Crippen LogP contribution in [0, 0.1) is 5.92 Å². The van der Waals surface area contributed by atoms with Gasteiger partial charge >= 0.3 is 0 Å². The van der Waals surface area contributed by atoms with Crippen LogP contribution in [-0.2, 0) is 12.0 Å². The molecule has 1 aromatic heterocycles. The third kappa shape index (κ3) is 2.46. The maximum atomic E-state index is 4.55. The van der Waals surface area contributed by atoms with Crippen LogP contribution in [0.1, 0.15) is 39.2 Å². The van der Waals surface area contributed by atoms with E-state index in [9.17, 15) is 0 Å². The third-order valence-electron chi connectivity index (χ3n) is 3.51. The Labute approximate surface area is 98.2 Å². The maximum absolute atomic E-state index is 4.55. The van der Waals surface area contributed by atoms with Crippen LogP contribution < -0.4 is 5.32 Å². The fraction of sp³-hybridized carbons (Fsp3) is 0.769. The molecule has 2 rings (SSSR count). The lowest BCUT2D eigenvalue weighted by molar-refractivity contribution is 0.209. The topological polar surface area (TPSA) is 29.9 Å². The van der Waals surface area contributed by atoms with Crippen molar-refractivity contribution in [2.75, 3.05) is 13.1 Å². The van der Waals surface area contributed by atoms with Gasteiger partial charge in [-0.2, -0.15) is 5.10 Å². The van der Waals surface area contributed by atoms with Crippen molar-refractivity contribution in [3.8, 4) is 0 Å². The van der Waals surface area contributed by atoms with Gasteiger partial charge in [0, 0.05) is 6.20 Å². The highest BCUT2D eigenvalue weighted by molar-refractivity contribution is 5.07. The SMILES string of the molecule is CC(C)Cc1cnn(C2(C)CCNCC2)c1. The smallest absolute Gasteiger partial charge is 0.0623 e. The molecule has 0 unspecified atom stereocenters. The van der Waals surface area contributed by atoms with Crippen molar-refractivity contribution in [2.24, 2.45) is 5.92 Å². The van der Waals surface area contributed by atoms with E-state index in [-0.39, 0.29) is 5.54 Å². The monoisotopic (exact) mass is 221 g/mol. The Balaban J connectivity index is 2.10. The van der Waals surface area contributed by atoms with Crippen LogP contribution in [0.25, 0.3) is 0 Å². The van der Waals surface area contributed by atoms with E-state index in [0.29, 0.717) is 5.92 Å². The van der Waals surface area contributed by atoms with Gasteiger partial charge in [0.25, 0.3) is 0 Å². The zero-order chi connectivity index (χ0) is 11.6. The molecular weight excluding hydrogens is 198 g/mol. The molecule has 0 aliphatic carbocycles. The molecule has 0 radical (unpaired) electrons. The summed E-state index contributed by atoms with van der Waals surface area (Å²) < 4.78 is 2.19. The van der Waals surface area contributed by atoms with Gasteiger partial charge in [-0.15, -0.1) is 0 Å². The predicted molar refractivity (Wildman–Crippen MR) is 66.5 cm³/mol. The fourth-order valence-electron chi connectivity index (χ4n) is 2.43. The van der Waals surface area contributed by atoms with Crippen LogP contribution in [0.5, 0.6) is 0 Å². The minimum Gasteiger partial charge on any atom is -0.317 e. The lowest BCUT2D eigenvalue weighted by Crippen LogP contribution is -2.42. The van der Waals surface area contributed by atoms with Crippen LogP contribution in [0.4, 0.5) is 0 Å². The molecule has 0 saturated carbocycles. The number of hydrogen-bond donors (Lipinski definition) is 1. The van der Waals surface area contributed by atoms with Crippen molar-refractivity contribution in [1.29, 1.82) is 0 Å². The first-order valence-electron chi connectivity index (χ1n) is 6.35. The van der Waals surface area contributed by atoms with Crippen LogP contribution >= 0.6 is 0 Å². The van der Waals surface area contributed by atoms with Crippen molar-refractivity contribution < 1.29 is 0 Å². The van der Waals surface area contributed by atoms with Gasteiger partial charge in [-0.05, 0) is 50.8 Å². The lowest BCUT2D eigenvalue weighted by Gasteiger charge is -2.34. The number of rotatable bonds is 3. The number of hydrogen-bond acceptors (Lipinski definition) is 2. The number of piperidine rings is 1. The Morgan fingerprint density at radius 1 is 1.44 bits per heavy atom. The number of nitrogens with one attached hydrogen (secondary N) is 1. The summed E-state index contributed by atoms with van der Waals surface area (Å²) in [5, 5.41) is 7.96. The highest BCUT2D eigenvalue weighted by atomic mass is 15.3. The first-order chi connectivity index (χ1) is 7.60. The summed E-state index contributed by atoms with van der Waals surface area (Å²) in [6.07, 6.45) is 7.76. The fourth-order valence-corrected chi connectivity index (χ4v) is 2.43. The normalized spacial score (nSPS) is 20.2. The van der Waals surface area contributed by atoms with E-state index in [2.05, 4.69) is 42.1 Å². The van der Waals surface area contributed by atoms with Crippen molar-refractivity contribution in [3.63, 3.8) is 0 Å². The Kier molecular flexibility index (Phi) is 3.33. The van der Waals surface area contributed by atoms with E-state index < -0.39 is 0 Å². The molecule has 1 fully saturated rings. The summed E-state index contributed by atoms with van der Waals surface area (Å²) in [6, 6.07) is 0. The zero-order valence-corrected chi connectivity index (χ0v) is 10.7. The molecule has 3 heteroatoms. The van der Waals surface area contributed by atoms with E-state index in [0.717, 1.165) is 19.5 Å². The van der Waals surface area contributed by atoms with Crippen molar-refractivity contribution in [3.05, 3.63) is 18.0 Å². The Morgan fingerprint density at radius 2 is 2.12 bits per heavy atom. The standard InChI is InChI=1S/C13H23N3/c1-11(2)8-12-9-15-16(10-12)13(3)4-6-14-7-5-13/h9-11,14H,4-8H2,1-3H3. The second-order valence-corrected chi connectivity index (χ2v) is 5.64. The summed E-state index contributed by atoms with van der Waals surface area (Å²) >= 11 is 0. The summed E-state index contributed by atoms with van der Waals surface area (Å²) in [4.78, 5) is 0. The minimum absolute atomic E-state index is 0.223. The Bertz CT molecular complexity index is 335. The minimum atomic E-state index is 0.223. The maximum Gasteiger partial charge on any atom is 0.0623 e. The van der Waals surface area contributed by atoms with Crippen LogP contribution in [0.15, 0.2) is 12.4 Å². The molecule has 16 heavy (non-hydrogen) atoms. The summed E-state index contributed by atoms with van der Waals surface area (Å²) in [6.45, 7) is 9.04. The van der Waals surface area contributed by atoms with Gasteiger partial charge in [0.1, 0.15) is 0 Å². The Morgan fingerprint density at radius 3 is 2.75 bits per heavy atom. The molecule has 1 N–H and O–H groups in total. The molecule has 90 valence electrons. The van der Waals surface area contributed by atoms with Gasteiger partial charge in [0.15, 0.2) is 0 Å². The molecule has 0 spiro atoms. The van der Waals surface area contributed by atoms with Crippen molar-refractivity contribution in [2.45, 2.75) is 45.6 Å². The highest BCUT2D eigenvalue weighted by Gasteiger charge is 2.29. The summed E-state index contributed by atoms with van der Waals surface area (Å²) in [5.41, 5.74) is 1.59. The predicted octanol–water partition coefficient (Wildman–Crippen LogP) is 2.18. The average Bonchev–Trinajstić information content (AvgIpc) is 2.67. The molecular formula is C13H23N3. The second-order valence-electron chi connectivity index (χ2n) is 5.64. The largest absolute Gasteiger partial charge is 0.317 e. The van der Waals surface area contributed by atoms with Gasteiger partial charge in [-0.1, -0.05) is 13.8 Å². The van der Waals surface area contributed by atoms with Gasteiger partial charge in [0.05, 0.1) is 11.7 Å². The second kappa shape index (κ2) is 4.58. The molecule has 1 saturated heterocycles. The third-order valence-corrected chi connectivity index (χ3v) is 3.51. The molecule has 0 aromatic carbocycles. The van der Waals surface area contributed by atoms with Crippen LogP contribution in [0.2, 0.25) is 0 Å². The lowest BCUT2D eigenvalue weighted by atomic mass is 9.91. The van der Waals surface area contributed by atoms with Gasteiger partial charge < -0.3 is 5.32 Å². The molecule has 0 amide bonds. The molecule has 2 heterocycles. The first-order valence-corrected chi connectivity index (χ1v) is 6.35. The molecule has 0 atom stereocenters. The van der Waals surface area contributed by atoms with E-state index in [1.54, 1.807) is 0 Å². The van der Waals surface area contributed by atoms with Gasteiger partial charge in [-0.25, -0.2) is 0 Å². The molecule has 0 bridgehead atoms. The van der Waals surface area contributed by atoms with Crippen LogP contribution in [0.3, 0.4) is 0 Å². The van der Waals surface area contributed by atoms with E-state index in [4.69, 9.17) is 0 Å². The van der Waals surface area contributed by atoms with Crippen molar-refractivity contribution in [1.82, 2.24) is 15.1 Å². The van der Waals surface area contributed by atoms with E-state index >= 15 is 0 Å². The zero-order valence-electron chi connectivity index (χ0n) is 10.7. The quantitative estimate of drug-likeness (QED) is 0.848. The number of nitrogens with zero attached hydrogens (tertiary/aromatic N) is 2.